The summed E-state index contributed by atoms with van der Waals surface area (Å²) in [7, 11) is 0. The van der Waals surface area contributed by atoms with E-state index < -0.39 is 31.0 Å². The summed E-state index contributed by atoms with van der Waals surface area (Å²) in [6.07, 6.45) is 2.89. The summed E-state index contributed by atoms with van der Waals surface area (Å²) in [5, 5.41) is 0. The minimum absolute atomic E-state index is 0.131. The molecule has 0 saturated heterocycles. The third kappa shape index (κ3) is 6.32. The molecule has 0 amide bonds. The highest BCUT2D eigenvalue weighted by Crippen LogP contribution is 2.35. The van der Waals surface area contributed by atoms with Crippen molar-refractivity contribution in [2.24, 2.45) is 17.8 Å². The molecule has 1 saturated carbocycles. The molecule has 0 spiro atoms. The van der Waals surface area contributed by atoms with Crippen LogP contribution < -0.4 is 4.74 Å². The number of benzene rings is 1. The molecule has 1 aliphatic carbocycles. The monoisotopic (exact) mass is 366 g/mol. The summed E-state index contributed by atoms with van der Waals surface area (Å²) < 4.78 is 28.6. The molecule has 0 heterocycles. The number of carbonyl (C=O) groups is 2. The van der Waals surface area contributed by atoms with Crippen LogP contribution in [0.4, 0.5) is 4.39 Å². The first-order valence-electron chi connectivity index (χ1n) is 9.08. The third-order valence-corrected chi connectivity index (χ3v) is 4.75. The summed E-state index contributed by atoms with van der Waals surface area (Å²) in [6, 6.07) is 5.44. The van der Waals surface area contributed by atoms with Crippen molar-refractivity contribution >= 4 is 11.9 Å². The van der Waals surface area contributed by atoms with Gasteiger partial charge in [0.15, 0.2) is 13.2 Å². The molecular weight excluding hydrogens is 339 g/mol. The predicted molar refractivity (Wildman–Crippen MR) is 94.1 cm³/mol. The lowest BCUT2D eigenvalue weighted by Crippen LogP contribution is -2.37. The molecule has 0 aliphatic heterocycles. The van der Waals surface area contributed by atoms with Gasteiger partial charge in [0.2, 0.25) is 0 Å². The van der Waals surface area contributed by atoms with Crippen LogP contribution in [0.2, 0.25) is 0 Å². The van der Waals surface area contributed by atoms with Gasteiger partial charge in [-0.2, -0.15) is 0 Å². The van der Waals surface area contributed by atoms with Gasteiger partial charge < -0.3 is 14.2 Å². The van der Waals surface area contributed by atoms with E-state index in [1.165, 1.54) is 18.2 Å². The van der Waals surface area contributed by atoms with Gasteiger partial charge in [0.05, 0.1) is 0 Å². The standard InChI is InChI=1S/C20H27FO5/c1-13(2)17-8-7-14(3)9-18(17)26-20(23)12-25-19(22)11-24-16-6-4-5-15(21)10-16/h4-6,10,13-14,17-18H,7-9,11-12H2,1-3H3/t14-,17-,18-/m1/s1. The Kier molecular flexibility index (Phi) is 7.42. The van der Waals surface area contributed by atoms with E-state index in [2.05, 4.69) is 20.8 Å². The van der Waals surface area contributed by atoms with Crippen molar-refractivity contribution in [3.8, 4) is 5.75 Å². The van der Waals surface area contributed by atoms with Gasteiger partial charge in [-0.15, -0.1) is 0 Å². The first-order valence-corrected chi connectivity index (χ1v) is 9.08. The summed E-state index contributed by atoms with van der Waals surface area (Å²) in [6.45, 7) is 5.57. The Bertz CT molecular complexity index is 616. The highest BCUT2D eigenvalue weighted by atomic mass is 19.1. The van der Waals surface area contributed by atoms with Gasteiger partial charge in [-0.05, 0) is 42.7 Å². The van der Waals surface area contributed by atoms with Crippen molar-refractivity contribution in [1.29, 1.82) is 0 Å². The van der Waals surface area contributed by atoms with Crippen LogP contribution in [-0.2, 0) is 19.1 Å². The quantitative estimate of drug-likeness (QED) is 0.688. The number of rotatable bonds is 7. The predicted octanol–water partition coefficient (Wildman–Crippen LogP) is 3.75. The topological polar surface area (TPSA) is 61.8 Å². The number of hydrogen-bond acceptors (Lipinski definition) is 5. The Morgan fingerprint density at radius 1 is 1.19 bits per heavy atom. The van der Waals surface area contributed by atoms with Gasteiger partial charge in [0.1, 0.15) is 17.7 Å². The molecule has 0 bridgehead atoms. The molecule has 1 aliphatic rings. The van der Waals surface area contributed by atoms with Gasteiger partial charge in [0.25, 0.3) is 0 Å². The van der Waals surface area contributed by atoms with Crippen LogP contribution in [-0.4, -0.2) is 31.3 Å². The Morgan fingerprint density at radius 3 is 2.65 bits per heavy atom. The van der Waals surface area contributed by atoms with Crippen molar-refractivity contribution in [2.75, 3.05) is 13.2 Å². The van der Waals surface area contributed by atoms with Gasteiger partial charge in [-0.3, -0.25) is 0 Å². The maximum atomic E-state index is 13.0. The van der Waals surface area contributed by atoms with Gasteiger partial charge in [-0.25, -0.2) is 14.0 Å². The zero-order chi connectivity index (χ0) is 19.1. The molecule has 0 aromatic heterocycles. The van der Waals surface area contributed by atoms with Crippen molar-refractivity contribution in [3.63, 3.8) is 0 Å². The Balaban J connectivity index is 1.74. The fourth-order valence-electron chi connectivity index (χ4n) is 3.33. The highest BCUT2D eigenvalue weighted by Gasteiger charge is 2.33. The molecule has 26 heavy (non-hydrogen) atoms. The number of esters is 2. The molecule has 0 unspecified atom stereocenters. The molecule has 6 heteroatoms. The molecule has 2 rings (SSSR count). The van der Waals surface area contributed by atoms with Crippen molar-refractivity contribution < 1.29 is 28.2 Å². The Labute approximate surface area is 153 Å². The average molecular weight is 366 g/mol. The molecule has 144 valence electrons. The average Bonchev–Trinajstić information content (AvgIpc) is 2.58. The second-order valence-corrected chi connectivity index (χ2v) is 7.26. The van der Waals surface area contributed by atoms with Crippen LogP contribution in [0, 0.1) is 23.6 Å². The molecule has 1 aromatic rings. The second-order valence-electron chi connectivity index (χ2n) is 7.26. The van der Waals surface area contributed by atoms with Crippen molar-refractivity contribution in [3.05, 3.63) is 30.1 Å². The maximum absolute atomic E-state index is 13.0. The zero-order valence-electron chi connectivity index (χ0n) is 15.6. The minimum Gasteiger partial charge on any atom is -0.482 e. The Hall–Kier alpha value is -2.11. The molecule has 1 aromatic carbocycles. The van der Waals surface area contributed by atoms with E-state index in [9.17, 15) is 14.0 Å². The van der Waals surface area contributed by atoms with E-state index in [-0.39, 0.29) is 11.9 Å². The third-order valence-electron chi connectivity index (χ3n) is 4.75. The lowest BCUT2D eigenvalue weighted by molar-refractivity contribution is -0.167. The minimum atomic E-state index is -0.705. The summed E-state index contributed by atoms with van der Waals surface area (Å²) in [5.74, 6) is -0.200. The fraction of sp³-hybridized carbons (Fsp3) is 0.600. The molecule has 0 N–H and O–H groups in total. The highest BCUT2D eigenvalue weighted by molar-refractivity contribution is 5.77. The lowest BCUT2D eigenvalue weighted by atomic mass is 9.75. The number of ether oxygens (including phenoxy) is 3. The lowest BCUT2D eigenvalue weighted by Gasteiger charge is -2.36. The van der Waals surface area contributed by atoms with Crippen LogP contribution in [0.1, 0.15) is 40.0 Å². The van der Waals surface area contributed by atoms with Crippen LogP contribution in [0.3, 0.4) is 0 Å². The van der Waals surface area contributed by atoms with E-state index in [0.29, 0.717) is 17.8 Å². The van der Waals surface area contributed by atoms with E-state index in [4.69, 9.17) is 14.2 Å². The molecule has 1 fully saturated rings. The van der Waals surface area contributed by atoms with Crippen LogP contribution in [0.25, 0.3) is 0 Å². The van der Waals surface area contributed by atoms with E-state index in [1.54, 1.807) is 0 Å². The van der Waals surface area contributed by atoms with E-state index in [0.717, 1.165) is 25.3 Å². The van der Waals surface area contributed by atoms with Gasteiger partial charge in [0, 0.05) is 6.07 Å². The van der Waals surface area contributed by atoms with Gasteiger partial charge in [-0.1, -0.05) is 33.3 Å². The summed E-state index contributed by atoms with van der Waals surface area (Å²) in [4.78, 5) is 23.7. The first kappa shape index (κ1) is 20.2. The number of carbonyl (C=O) groups excluding carboxylic acids is 2. The fourth-order valence-corrected chi connectivity index (χ4v) is 3.33. The zero-order valence-corrected chi connectivity index (χ0v) is 15.6. The normalized spacial score (nSPS) is 22.7. The maximum Gasteiger partial charge on any atom is 0.344 e. The van der Waals surface area contributed by atoms with Crippen molar-refractivity contribution in [2.45, 2.75) is 46.1 Å². The summed E-state index contributed by atoms with van der Waals surface area (Å²) >= 11 is 0. The molecule has 0 radical (unpaired) electrons. The largest absolute Gasteiger partial charge is 0.482 e. The first-order chi connectivity index (χ1) is 12.3. The smallest absolute Gasteiger partial charge is 0.344 e. The van der Waals surface area contributed by atoms with Gasteiger partial charge >= 0.3 is 11.9 Å². The molecule has 3 atom stereocenters. The van der Waals surface area contributed by atoms with Crippen LogP contribution in [0.15, 0.2) is 24.3 Å². The van der Waals surface area contributed by atoms with Crippen LogP contribution >= 0.6 is 0 Å². The van der Waals surface area contributed by atoms with E-state index >= 15 is 0 Å². The number of hydrogen-bond donors (Lipinski definition) is 0. The summed E-state index contributed by atoms with van der Waals surface area (Å²) in [5.41, 5.74) is 0. The van der Waals surface area contributed by atoms with E-state index in [1.807, 2.05) is 0 Å². The van der Waals surface area contributed by atoms with Crippen molar-refractivity contribution in [1.82, 2.24) is 0 Å². The Morgan fingerprint density at radius 2 is 1.96 bits per heavy atom. The molecule has 5 nitrogen and oxygen atoms in total. The second kappa shape index (κ2) is 9.55. The van der Waals surface area contributed by atoms with Crippen LogP contribution in [0.5, 0.6) is 5.75 Å². The SMILES string of the molecule is CC(C)[C@H]1CC[C@@H](C)C[C@H]1OC(=O)COC(=O)COc1cccc(F)c1. The number of halogens is 1. The molecular formula is C20H27FO5.